The summed E-state index contributed by atoms with van der Waals surface area (Å²) in [6, 6.07) is -0.309. The van der Waals surface area contributed by atoms with Crippen molar-refractivity contribution in [2.75, 3.05) is 24.2 Å². The molecule has 2 aromatic rings. The first-order chi connectivity index (χ1) is 17.2. The second-order valence-electron chi connectivity index (χ2n) is 9.67. The van der Waals surface area contributed by atoms with E-state index in [2.05, 4.69) is 34.8 Å². The monoisotopic (exact) mass is 520 g/mol. The predicted octanol–water partition coefficient (Wildman–Crippen LogP) is 2.01. The van der Waals surface area contributed by atoms with Crippen LogP contribution >= 0.6 is 11.8 Å². The Morgan fingerprint density at radius 3 is 2.67 bits per heavy atom. The Hall–Kier alpha value is -2.51. The van der Waals surface area contributed by atoms with Gasteiger partial charge in [0.15, 0.2) is 27.9 Å². The molecule has 4 rings (SSSR count). The molecule has 1 saturated carbocycles. The first kappa shape index (κ1) is 26.6. The van der Waals surface area contributed by atoms with Crippen LogP contribution < -0.4 is 16.4 Å². The maximum absolute atomic E-state index is 13.0. The number of aromatic nitrogens is 5. The molecule has 0 aromatic carbocycles. The van der Waals surface area contributed by atoms with E-state index in [1.54, 1.807) is 16.4 Å². The number of rotatable bonds is 12. The highest BCUT2D eigenvalue weighted by molar-refractivity contribution is 7.99. The first-order valence-electron chi connectivity index (χ1n) is 12.6. The summed E-state index contributed by atoms with van der Waals surface area (Å²) < 4.78 is 14.2. The summed E-state index contributed by atoms with van der Waals surface area (Å²) in [6.45, 7) is 8.88. The van der Waals surface area contributed by atoms with Crippen molar-refractivity contribution in [2.24, 2.45) is 11.7 Å². The van der Waals surface area contributed by atoms with Crippen molar-refractivity contribution in [1.29, 1.82) is 0 Å². The summed E-state index contributed by atoms with van der Waals surface area (Å²) in [5.74, 6) is -0.429. The number of amides is 2. The molecule has 2 aromatic heterocycles. The Labute approximate surface area is 214 Å². The van der Waals surface area contributed by atoms with E-state index < -0.39 is 29.8 Å². The maximum Gasteiger partial charge on any atom is 0.225 e. The Morgan fingerprint density at radius 1 is 1.17 bits per heavy atom. The number of ether oxygens (including phenoxy) is 2. The summed E-state index contributed by atoms with van der Waals surface area (Å²) in [7, 11) is 0. The molecule has 1 saturated heterocycles. The molecular formula is C23H36N8O4S. The highest BCUT2D eigenvalue weighted by Crippen LogP contribution is 2.47. The maximum atomic E-state index is 13.0. The SMILES string of the molecule is CCCCNc1nc(SCCC)nc2c1nnn2[C@@H]1C[C@H](C(=O)NCCC(N)=O)[C@H]2OC(C)(C)O[C@H]21. The van der Waals surface area contributed by atoms with Gasteiger partial charge in [-0.1, -0.05) is 37.2 Å². The van der Waals surface area contributed by atoms with Crippen molar-refractivity contribution in [3.05, 3.63) is 0 Å². The molecule has 36 heavy (non-hydrogen) atoms. The quantitative estimate of drug-likeness (QED) is 0.215. The molecule has 2 fully saturated rings. The minimum atomic E-state index is -0.847. The topological polar surface area (TPSA) is 159 Å². The number of hydrogen-bond donors (Lipinski definition) is 3. The summed E-state index contributed by atoms with van der Waals surface area (Å²) in [4.78, 5) is 33.6. The van der Waals surface area contributed by atoms with Crippen LogP contribution in [-0.4, -0.2) is 73.6 Å². The minimum Gasteiger partial charge on any atom is -0.370 e. The lowest BCUT2D eigenvalue weighted by Gasteiger charge is -2.23. The number of carbonyl (C=O) groups is 2. The van der Waals surface area contributed by atoms with Crippen LogP contribution in [0.3, 0.4) is 0 Å². The molecule has 0 radical (unpaired) electrons. The molecule has 4 N–H and O–H groups in total. The third-order valence-corrected chi connectivity index (χ3v) is 7.37. The number of unbranched alkanes of at least 4 members (excludes halogenated alkanes) is 1. The van der Waals surface area contributed by atoms with E-state index in [0.717, 1.165) is 31.6 Å². The van der Waals surface area contributed by atoms with Gasteiger partial charge >= 0.3 is 0 Å². The first-order valence-corrected chi connectivity index (χ1v) is 13.6. The van der Waals surface area contributed by atoms with Gasteiger partial charge in [0.25, 0.3) is 0 Å². The molecule has 4 atom stereocenters. The minimum absolute atomic E-state index is 0.0788. The number of thioether (sulfide) groups is 1. The highest BCUT2D eigenvalue weighted by Gasteiger charge is 2.57. The fourth-order valence-corrected chi connectivity index (χ4v) is 5.38. The van der Waals surface area contributed by atoms with Crippen molar-refractivity contribution in [3.63, 3.8) is 0 Å². The second kappa shape index (κ2) is 11.3. The van der Waals surface area contributed by atoms with Crippen LogP contribution in [0.1, 0.15) is 65.8 Å². The molecule has 0 unspecified atom stereocenters. The highest BCUT2D eigenvalue weighted by atomic mass is 32.2. The molecule has 2 amide bonds. The van der Waals surface area contributed by atoms with Gasteiger partial charge in [-0.15, -0.1) is 5.10 Å². The van der Waals surface area contributed by atoms with Gasteiger partial charge in [0.05, 0.1) is 12.0 Å². The lowest BCUT2D eigenvalue weighted by Crippen LogP contribution is -2.39. The summed E-state index contributed by atoms with van der Waals surface area (Å²) >= 11 is 1.59. The van der Waals surface area contributed by atoms with E-state index in [9.17, 15) is 9.59 Å². The molecule has 3 heterocycles. The van der Waals surface area contributed by atoms with Crippen LogP contribution in [0.15, 0.2) is 5.16 Å². The number of hydrogen-bond acceptors (Lipinski definition) is 10. The molecule has 0 bridgehead atoms. The summed E-state index contributed by atoms with van der Waals surface area (Å²) in [5.41, 5.74) is 6.41. The zero-order chi connectivity index (χ0) is 25.9. The van der Waals surface area contributed by atoms with Crippen LogP contribution in [0.5, 0.6) is 0 Å². The van der Waals surface area contributed by atoms with Gasteiger partial charge < -0.3 is 25.8 Å². The lowest BCUT2D eigenvalue weighted by molar-refractivity contribution is -0.163. The number of nitrogens with one attached hydrogen (secondary N) is 2. The fourth-order valence-electron chi connectivity index (χ4n) is 4.69. The molecule has 198 valence electrons. The normalized spacial score (nSPS) is 24.7. The van der Waals surface area contributed by atoms with Crippen molar-refractivity contribution < 1.29 is 19.1 Å². The van der Waals surface area contributed by atoms with E-state index >= 15 is 0 Å². The number of nitrogens with two attached hydrogens (primary N) is 1. The van der Waals surface area contributed by atoms with Gasteiger partial charge in [-0.2, -0.15) is 0 Å². The van der Waals surface area contributed by atoms with Gasteiger partial charge in [-0.05, 0) is 33.1 Å². The number of fused-ring (bicyclic) bond motifs is 2. The van der Waals surface area contributed by atoms with Crippen LogP contribution in [0.2, 0.25) is 0 Å². The number of primary amides is 1. The average molecular weight is 521 g/mol. The Kier molecular flexibility index (Phi) is 8.30. The molecule has 12 nitrogen and oxygen atoms in total. The zero-order valence-corrected chi connectivity index (χ0v) is 22.1. The predicted molar refractivity (Wildman–Crippen MR) is 135 cm³/mol. The van der Waals surface area contributed by atoms with E-state index in [1.165, 1.54) is 0 Å². The van der Waals surface area contributed by atoms with Crippen molar-refractivity contribution in [1.82, 2.24) is 30.3 Å². The van der Waals surface area contributed by atoms with Crippen molar-refractivity contribution in [2.45, 2.75) is 89.0 Å². The summed E-state index contributed by atoms with van der Waals surface area (Å²) in [5, 5.41) is 15.7. The third-order valence-electron chi connectivity index (χ3n) is 6.32. The van der Waals surface area contributed by atoms with Gasteiger partial charge in [0, 0.05) is 25.3 Å². The van der Waals surface area contributed by atoms with E-state index in [-0.39, 0.29) is 24.9 Å². The number of anilines is 1. The van der Waals surface area contributed by atoms with Gasteiger partial charge in [0.2, 0.25) is 11.8 Å². The molecule has 0 spiro atoms. The van der Waals surface area contributed by atoms with Gasteiger partial charge in [-0.3, -0.25) is 9.59 Å². The smallest absolute Gasteiger partial charge is 0.225 e. The van der Waals surface area contributed by atoms with Gasteiger partial charge in [0.1, 0.15) is 12.2 Å². The average Bonchev–Trinajstić information content (AvgIpc) is 3.48. The molecule has 1 aliphatic carbocycles. The van der Waals surface area contributed by atoms with Crippen molar-refractivity contribution in [3.8, 4) is 0 Å². The van der Waals surface area contributed by atoms with E-state index in [0.29, 0.717) is 28.6 Å². The van der Waals surface area contributed by atoms with Gasteiger partial charge in [-0.25, -0.2) is 14.6 Å². The lowest BCUT2D eigenvalue weighted by atomic mass is 10.0. The summed E-state index contributed by atoms with van der Waals surface area (Å²) in [6.07, 6.45) is 2.72. The van der Waals surface area contributed by atoms with Crippen molar-refractivity contribution >= 4 is 40.6 Å². The standard InChI is InChI=1S/C23H36N8O4S/c1-5-7-9-25-19-16-20(28-22(27-19)36-11-6-2)31(30-29-16)14-12-13(21(33)26-10-8-15(24)32)17-18(14)35-23(3,4)34-17/h13-14,17-18H,5-12H2,1-4H3,(H2,24,32)(H,26,33)(H,25,27,28)/t13-,14+,17+,18-/m0/s1. The largest absolute Gasteiger partial charge is 0.370 e. The molecule has 13 heteroatoms. The third kappa shape index (κ3) is 5.73. The van der Waals surface area contributed by atoms with Crippen LogP contribution in [0.25, 0.3) is 11.2 Å². The number of carbonyl (C=O) groups excluding carboxylic acids is 2. The number of nitrogens with zero attached hydrogens (tertiary/aromatic N) is 5. The van der Waals surface area contributed by atoms with E-state index in [1.807, 2.05) is 13.8 Å². The van der Waals surface area contributed by atoms with E-state index in [4.69, 9.17) is 25.2 Å². The Bertz CT molecular complexity index is 1090. The molecule has 2 aliphatic rings. The molecule has 1 aliphatic heterocycles. The van der Waals surface area contributed by atoms with Crippen LogP contribution in [0, 0.1) is 5.92 Å². The fraction of sp³-hybridized carbons (Fsp3) is 0.739. The van der Waals surface area contributed by atoms with Crippen LogP contribution in [-0.2, 0) is 19.1 Å². The second-order valence-corrected chi connectivity index (χ2v) is 10.7. The Balaban J connectivity index is 1.65. The Morgan fingerprint density at radius 2 is 1.94 bits per heavy atom. The zero-order valence-electron chi connectivity index (χ0n) is 21.3. The molecular weight excluding hydrogens is 484 g/mol. The van der Waals surface area contributed by atoms with Crippen LogP contribution in [0.4, 0.5) is 5.82 Å².